The Kier molecular flexibility index (Phi) is 4.81. The summed E-state index contributed by atoms with van der Waals surface area (Å²) in [6, 6.07) is 5.37. The van der Waals surface area contributed by atoms with Gasteiger partial charge in [0.05, 0.1) is 23.0 Å². The van der Waals surface area contributed by atoms with Crippen molar-refractivity contribution >= 4 is 54.8 Å². The first-order chi connectivity index (χ1) is 10.1. The van der Waals surface area contributed by atoms with E-state index >= 15 is 0 Å². The predicted molar refractivity (Wildman–Crippen MR) is 92.8 cm³/mol. The van der Waals surface area contributed by atoms with Crippen molar-refractivity contribution in [3.8, 4) is 11.5 Å². The number of fused-ring (bicyclic) bond motifs is 1. The van der Waals surface area contributed by atoms with Crippen molar-refractivity contribution in [1.82, 2.24) is 0 Å². The first-order valence-corrected chi connectivity index (χ1v) is 9.13. The monoisotopic (exact) mass is 451 g/mol. The van der Waals surface area contributed by atoms with Crippen LogP contribution in [0.15, 0.2) is 26.5 Å². The van der Waals surface area contributed by atoms with E-state index in [4.69, 9.17) is 26.8 Å². The number of hydrogen-bond acceptors (Lipinski definition) is 4. The fourth-order valence-corrected chi connectivity index (χ4v) is 4.49. The predicted octanol–water partition coefficient (Wildman–Crippen LogP) is 5.14. The number of hydrogen-bond donors (Lipinski definition) is 1. The second-order valence-electron chi connectivity index (χ2n) is 4.62. The molecule has 2 N–H and O–H groups in total. The maximum absolute atomic E-state index is 6.37. The molecule has 1 aliphatic heterocycles. The lowest BCUT2D eigenvalue weighted by Gasteiger charge is -2.15. The second kappa shape index (κ2) is 6.46. The first kappa shape index (κ1) is 15.6. The zero-order valence-electron chi connectivity index (χ0n) is 10.9. The molecule has 1 unspecified atom stereocenters. The molecule has 21 heavy (non-hydrogen) atoms. The number of halogens is 3. The lowest BCUT2D eigenvalue weighted by Crippen LogP contribution is -2.11. The van der Waals surface area contributed by atoms with Gasteiger partial charge in [-0.25, -0.2) is 0 Å². The van der Waals surface area contributed by atoms with Gasteiger partial charge in [-0.15, -0.1) is 11.3 Å². The van der Waals surface area contributed by atoms with E-state index in [1.165, 1.54) is 0 Å². The molecule has 1 aliphatic rings. The Labute approximate surface area is 148 Å². The Hall–Kier alpha value is -0.270. The van der Waals surface area contributed by atoms with E-state index in [9.17, 15) is 0 Å². The van der Waals surface area contributed by atoms with Gasteiger partial charge in [0.1, 0.15) is 0 Å². The summed E-state index contributed by atoms with van der Waals surface area (Å²) >= 11 is 14.9. The van der Waals surface area contributed by atoms with Gasteiger partial charge in [0.2, 0.25) is 0 Å². The number of ether oxygens (including phenoxy) is 2. The number of rotatable bonds is 2. The first-order valence-electron chi connectivity index (χ1n) is 6.35. The van der Waals surface area contributed by atoms with Crippen molar-refractivity contribution in [3.05, 3.63) is 41.9 Å². The molecule has 0 radical (unpaired) electrons. The van der Waals surface area contributed by atoms with E-state index in [0.717, 1.165) is 25.1 Å². The molecular weight excluding hydrogens is 441 g/mol. The van der Waals surface area contributed by atoms with Gasteiger partial charge >= 0.3 is 0 Å². The van der Waals surface area contributed by atoms with Crippen LogP contribution in [0.5, 0.6) is 11.5 Å². The summed E-state index contributed by atoms with van der Waals surface area (Å²) in [5, 5.41) is 0.590. The highest BCUT2D eigenvalue weighted by Crippen LogP contribution is 2.41. The van der Waals surface area contributed by atoms with Gasteiger partial charge in [-0.2, -0.15) is 0 Å². The van der Waals surface area contributed by atoms with Gasteiger partial charge in [0.15, 0.2) is 11.5 Å². The zero-order valence-corrected chi connectivity index (χ0v) is 15.6. The Morgan fingerprint density at radius 3 is 2.43 bits per heavy atom. The maximum Gasteiger partial charge on any atom is 0.162 e. The van der Waals surface area contributed by atoms with Gasteiger partial charge in [0, 0.05) is 26.9 Å². The Morgan fingerprint density at radius 2 is 1.81 bits per heavy atom. The summed E-state index contributed by atoms with van der Waals surface area (Å²) in [5.41, 5.74) is 7.19. The van der Waals surface area contributed by atoms with Crippen LogP contribution in [0, 0.1) is 0 Å². The SMILES string of the molecule is NC(c1cc(Br)c(Br)s1)c1cc2c(cc1Cl)OCCCO2. The largest absolute Gasteiger partial charge is 0.490 e. The quantitative estimate of drug-likeness (QED) is 0.685. The standard InChI is InChI=1S/C14H12Br2ClNO2S/c15-8-5-12(21-14(8)16)13(18)7-4-10-11(6-9(7)17)20-3-1-2-19-10/h4-6,13H,1-3,18H2. The highest BCUT2D eigenvalue weighted by molar-refractivity contribution is 9.13. The number of nitrogens with two attached hydrogens (primary N) is 1. The minimum Gasteiger partial charge on any atom is -0.490 e. The molecule has 0 saturated carbocycles. The minimum absolute atomic E-state index is 0.303. The summed E-state index contributed by atoms with van der Waals surface area (Å²) in [4.78, 5) is 1.02. The van der Waals surface area contributed by atoms with Crippen LogP contribution >= 0.6 is 54.8 Å². The molecule has 0 saturated heterocycles. The van der Waals surface area contributed by atoms with E-state index in [1.54, 1.807) is 17.4 Å². The van der Waals surface area contributed by atoms with Gasteiger partial charge in [-0.3, -0.25) is 0 Å². The molecule has 2 heterocycles. The average Bonchev–Trinajstić information content (AvgIpc) is 2.66. The van der Waals surface area contributed by atoms with Crippen LogP contribution in [0.25, 0.3) is 0 Å². The minimum atomic E-state index is -0.303. The fourth-order valence-electron chi connectivity index (χ4n) is 2.11. The highest BCUT2D eigenvalue weighted by atomic mass is 79.9. The van der Waals surface area contributed by atoms with Crippen LogP contribution in [0.4, 0.5) is 0 Å². The third kappa shape index (κ3) is 3.24. The van der Waals surface area contributed by atoms with Crippen molar-refractivity contribution in [2.75, 3.05) is 13.2 Å². The fraction of sp³-hybridized carbons (Fsp3) is 0.286. The Bertz CT molecular complexity index is 658. The van der Waals surface area contributed by atoms with Crippen molar-refractivity contribution in [2.45, 2.75) is 12.5 Å². The van der Waals surface area contributed by atoms with E-state index in [1.807, 2.05) is 12.1 Å². The van der Waals surface area contributed by atoms with Crippen molar-refractivity contribution < 1.29 is 9.47 Å². The molecule has 0 amide bonds. The maximum atomic E-state index is 6.37. The van der Waals surface area contributed by atoms with Crippen molar-refractivity contribution in [3.63, 3.8) is 0 Å². The lowest BCUT2D eigenvalue weighted by molar-refractivity contribution is 0.297. The summed E-state index contributed by atoms with van der Waals surface area (Å²) in [5.74, 6) is 1.39. The molecule has 2 aromatic rings. The van der Waals surface area contributed by atoms with Gasteiger partial charge < -0.3 is 15.2 Å². The third-order valence-electron chi connectivity index (χ3n) is 3.17. The van der Waals surface area contributed by atoms with Gasteiger partial charge in [-0.05, 0) is 49.6 Å². The Balaban J connectivity index is 1.99. The summed E-state index contributed by atoms with van der Waals surface area (Å²) in [6.45, 7) is 1.28. The zero-order chi connectivity index (χ0) is 15.0. The molecule has 7 heteroatoms. The Morgan fingerprint density at radius 1 is 1.14 bits per heavy atom. The number of thiophene rings is 1. The van der Waals surface area contributed by atoms with Crippen LogP contribution in [0.1, 0.15) is 22.9 Å². The molecule has 112 valence electrons. The van der Waals surface area contributed by atoms with Gasteiger partial charge in [-0.1, -0.05) is 11.6 Å². The van der Waals surface area contributed by atoms with E-state index in [-0.39, 0.29) is 6.04 Å². The van der Waals surface area contributed by atoms with Crippen LogP contribution in [0.2, 0.25) is 5.02 Å². The van der Waals surface area contributed by atoms with Gasteiger partial charge in [0.25, 0.3) is 0 Å². The highest BCUT2D eigenvalue weighted by Gasteiger charge is 2.21. The van der Waals surface area contributed by atoms with Crippen LogP contribution in [-0.4, -0.2) is 13.2 Å². The molecule has 0 bridgehead atoms. The van der Waals surface area contributed by atoms with E-state index in [0.29, 0.717) is 29.7 Å². The lowest BCUT2D eigenvalue weighted by atomic mass is 10.1. The van der Waals surface area contributed by atoms with Crippen molar-refractivity contribution in [2.24, 2.45) is 5.73 Å². The topological polar surface area (TPSA) is 44.5 Å². The summed E-state index contributed by atoms with van der Waals surface area (Å²) < 4.78 is 13.3. The number of benzene rings is 1. The van der Waals surface area contributed by atoms with E-state index in [2.05, 4.69) is 31.9 Å². The molecule has 3 nitrogen and oxygen atoms in total. The third-order valence-corrected chi connectivity index (χ3v) is 6.84. The van der Waals surface area contributed by atoms with Crippen LogP contribution in [-0.2, 0) is 0 Å². The molecule has 0 aliphatic carbocycles. The molecule has 1 atom stereocenters. The summed E-state index contributed by atoms with van der Waals surface area (Å²) in [6.07, 6.45) is 0.860. The normalized spacial score (nSPS) is 15.6. The molecular formula is C14H12Br2ClNO2S. The van der Waals surface area contributed by atoms with Crippen molar-refractivity contribution in [1.29, 1.82) is 0 Å². The van der Waals surface area contributed by atoms with Crippen LogP contribution in [0.3, 0.4) is 0 Å². The molecule has 3 rings (SSSR count). The summed E-state index contributed by atoms with van der Waals surface area (Å²) in [7, 11) is 0. The molecule has 0 spiro atoms. The van der Waals surface area contributed by atoms with E-state index < -0.39 is 0 Å². The molecule has 1 aromatic heterocycles. The molecule has 0 fully saturated rings. The average molecular weight is 454 g/mol. The van der Waals surface area contributed by atoms with Crippen LogP contribution < -0.4 is 15.2 Å². The smallest absolute Gasteiger partial charge is 0.162 e. The molecule has 1 aromatic carbocycles. The second-order valence-corrected chi connectivity index (χ2v) is 8.28.